The van der Waals surface area contributed by atoms with Crippen molar-refractivity contribution in [3.05, 3.63) is 28.2 Å². The minimum atomic E-state index is -0.736. The first-order valence-corrected chi connectivity index (χ1v) is 12.1. The van der Waals surface area contributed by atoms with Gasteiger partial charge in [-0.05, 0) is 6.07 Å². The van der Waals surface area contributed by atoms with E-state index in [1.807, 2.05) is 4.90 Å². The molecule has 3 atom stereocenters. The van der Waals surface area contributed by atoms with Gasteiger partial charge in [-0.15, -0.1) is 0 Å². The van der Waals surface area contributed by atoms with E-state index < -0.39 is 15.8 Å². The number of rotatable bonds is 6. The van der Waals surface area contributed by atoms with Gasteiger partial charge in [0.15, 0.2) is 0 Å². The van der Waals surface area contributed by atoms with Crippen LogP contribution in [-0.2, 0) is 9.59 Å². The summed E-state index contributed by atoms with van der Waals surface area (Å²) in [6.45, 7) is 2.20. The van der Waals surface area contributed by atoms with Crippen LogP contribution in [-0.4, -0.2) is 69.5 Å². The molecule has 0 spiro atoms. The van der Waals surface area contributed by atoms with Crippen LogP contribution in [0, 0.1) is 0 Å². The van der Waals surface area contributed by atoms with Gasteiger partial charge in [0.05, 0.1) is 0 Å². The first kappa shape index (κ1) is 20.9. The van der Waals surface area contributed by atoms with Crippen LogP contribution < -0.4 is 15.8 Å². The first-order valence-electron chi connectivity index (χ1n) is 9.09. The number of hydrogen-bond donors (Lipinski definition) is 2. The molecule has 6 nitrogen and oxygen atoms in total. The Morgan fingerprint density at radius 3 is 2.52 bits per heavy atom. The summed E-state index contributed by atoms with van der Waals surface area (Å²) in [6.07, 6.45) is 2.33. The molecule has 2 aliphatic heterocycles. The molecule has 0 saturated carbocycles. The number of amides is 1. The van der Waals surface area contributed by atoms with Crippen molar-refractivity contribution in [3.63, 3.8) is 0 Å². The molecule has 3 N–H and O–H groups in total. The van der Waals surface area contributed by atoms with Crippen molar-refractivity contribution in [2.45, 2.75) is 36.1 Å². The van der Waals surface area contributed by atoms with Crippen molar-refractivity contribution in [3.8, 4) is 5.75 Å². The predicted octanol–water partition coefficient (Wildman–Crippen LogP) is 1.44. The molecule has 2 fully saturated rings. The van der Waals surface area contributed by atoms with Crippen LogP contribution in [0.25, 0.3) is 0 Å². The van der Waals surface area contributed by atoms with Crippen molar-refractivity contribution in [2.75, 3.05) is 26.2 Å². The fraction of sp³-hybridized carbons (Fsp3) is 0.556. The fourth-order valence-corrected chi connectivity index (χ4v) is 6.44. The molecule has 0 aliphatic carbocycles. The number of nitrogens with two attached hydrogens (primary N) is 1. The average molecular weight is 476 g/mol. The Bertz CT molecular complexity index is 678. The summed E-state index contributed by atoms with van der Waals surface area (Å²) in [6, 6.07) is 5.00. The van der Waals surface area contributed by atoms with Crippen LogP contribution in [0.4, 0.5) is 0 Å². The number of carbonyl (C=O) groups is 2. The Morgan fingerprint density at radius 2 is 1.89 bits per heavy atom. The Kier molecular flexibility index (Phi) is 7.46. The van der Waals surface area contributed by atoms with Crippen LogP contribution in [0.2, 0.25) is 14.8 Å². The maximum absolute atomic E-state index is 12.7. The molecule has 1 unspecified atom stereocenters. The van der Waals surface area contributed by atoms with Crippen LogP contribution in [0.1, 0.15) is 19.3 Å². The number of hydrogen-bond acceptors (Lipinski definition) is 5. The first-order chi connectivity index (χ1) is 12.9. The molecule has 3 rings (SSSR count). The van der Waals surface area contributed by atoms with E-state index in [1.54, 1.807) is 18.2 Å². The Morgan fingerprint density at radius 1 is 1.22 bits per heavy atom. The summed E-state index contributed by atoms with van der Waals surface area (Å²) in [5.74, 6) is 0.792. The Labute approximate surface area is 175 Å². The number of likely N-dealkylation sites (tertiary alicyclic amines) is 1. The fourth-order valence-electron chi connectivity index (χ4n) is 3.52. The molecule has 1 aromatic carbocycles. The van der Waals surface area contributed by atoms with Gasteiger partial charge < -0.3 is 0 Å². The van der Waals surface area contributed by atoms with Crippen molar-refractivity contribution in [2.24, 2.45) is 5.73 Å². The summed E-state index contributed by atoms with van der Waals surface area (Å²) in [5.41, 5.74) is 5.41. The van der Waals surface area contributed by atoms with E-state index in [-0.39, 0.29) is 29.2 Å². The monoisotopic (exact) mass is 475 g/mol. The predicted molar refractivity (Wildman–Crippen MR) is 108 cm³/mol. The van der Waals surface area contributed by atoms with E-state index in [1.165, 1.54) is 0 Å². The van der Waals surface area contributed by atoms with Crippen LogP contribution in [0.15, 0.2) is 18.2 Å². The van der Waals surface area contributed by atoms with E-state index in [4.69, 9.17) is 33.7 Å². The van der Waals surface area contributed by atoms with Gasteiger partial charge in [-0.1, -0.05) is 23.2 Å². The molecule has 1 amide bonds. The molecule has 2 saturated heterocycles. The average Bonchev–Trinajstić information content (AvgIpc) is 3.09. The summed E-state index contributed by atoms with van der Waals surface area (Å²) in [4.78, 5) is 26.2. The minimum absolute atomic E-state index is 0.0433. The van der Waals surface area contributed by atoms with E-state index in [9.17, 15) is 9.59 Å². The third-order valence-electron chi connectivity index (χ3n) is 4.87. The molecule has 0 aromatic heterocycles. The van der Waals surface area contributed by atoms with E-state index in [2.05, 4.69) is 5.32 Å². The molecule has 9 heteroatoms. The third kappa shape index (κ3) is 5.85. The van der Waals surface area contributed by atoms with Crippen molar-refractivity contribution >= 4 is 49.4 Å². The number of halogens is 2. The van der Waals surface area contributed by atoms with Gasteiger partial charge in [0.25, 0.3) is 0 Å². The van der Waals surface area contributed by atoms with Crippen LogP contribution in [0.5, 0.6) is 5.75 Å². The zero-order valence-electron chi connectivity index (χ0n) is 14.9. The van der Waals surface area contributed by atoms with Crippen LogP contribution in [0.3, 0.4) is 0 Å². The second kappa shape index (κ2) is 9.62. The molecular formula is C18H24AsCl2N3O3. The van der Waals surface area contributed by atoms with Gasteiger partial charge in [0.1, 0.15) is 0 Å². The van der Waals surface area contributed by atoms with E-state index in [0.29, 0.717) is 33.6 Å². The molecule has 1 aromatic rings. The summed E-state index contributed by atoms with van der Waals surface area (Å²) in [5, 5.41) is 4.37. The molecule has 148 valence electrons. The van der Waals surface area contributed by atoms with Gasteiger partial charge in [-0.25, -0.2) is 0 Å². The second-order valence-corrected chi connectivity index (χ2v) is 11.3. The standard InChI is InChI=1S/C18H24AsCl2N3O3/c20-12-6-13(21)8-15(7-12)27-14-1-3-24(4-2-14)18(26)16-5-11(10-23-16)19-17(25)9-22/h6-8,11,14,16,19,23H,1-5,9-10,22H2/t11-,16+/m0/s1. The van der Waals surface area contributed by atoms with Gasteiger partial charge in [-0.3, -0.25) is 0 Å². The van der Waals surface area contributed by atoms with Gasteiger partial charge in [0, 0.05) is 0 Å². The molecule has 2 heterocycles. The SMILES string of the molecule is NCC(=O)[AsH][C@@H]1CN[C@@H](C(=O)N2CCC(Oc3cc(Cl)cc(Cl)c3)CC2)C1. The zero-order valence-corrected chi connectivity index (χ0v) is 18.5. The third-order valence-corrected chi connectivity index (χ3v) is 8.19. The van der Waals surface area contributed by atoms with Gasteiger partial charge in [-0.2, -0.15) is 0 Å². The van der Waals surface area contributed by atoms with Crippen molar-refractivity contribution < 1.29 is 14.3 Å². The van der Waals surface area contributed by atoms with Gasteiger partial charge in [0.2, 0.25) is 0 Å². The molecule has 0 bridgehead atoms. The molecule has 0 radical (unpaired) electrons. The number of ether oxygens (including phenoxy) is 1. The normalized spacial score (nSPS) is 23.9. The van der Waals surface area contributed by atoms with Crippen LogP contribution >= 0.6 is 23.2 Å². The summed E-state index contributed by atoms with van der Waals surface area (Å²) >= 11 is 11.3. The molecular weight excluding hydrogens is 452 g/mol. The Hall–Kier alpha value is -0.782. The number of piperidine rings is 1. The number of carbonyl (C=O) groups excluding carboxylic acids is 2. The second-order valence-electron chi connectivity index (χ2n) is 6.91. The Balaban J connectivity index is 1.46. The van der Waals surface area contributed by atoms with E-state index in [0.717, 1.165) is 25.8 Å². The summed E-state index contributed by atoms with van der Waals surface area (Å²) in [7, 11) is 0. The number of nitrogens with zero attached hydrogens (tertiary/aromatic N) is 1. The van der Waals surface area contributed by atoms with Crippen molar-refractivity contribution in [1.29, 1.82) is 0 Å². The van der Waals surface area contributed by atoms with E-state index >= 15 is 0 Å². The quantitative estimate of drug-likeness (QED) is 0.608. The molecule has 2 aliphatic rings. The van der Waals surface area contributed by atoms with Crippen molar-refractivity contribution in [1.82, 2.24) is 10.2 Å². The number of nitrogens with one attached hydrogen (secondary N) is 1. The topological polar surface area (TPSA) is 84.7 Å². The van der Waals surface area contributed by atoms with Gasteiger partial charge >= 0.3 is 147 Å². The molecule has 27 heavy (non-hydrogen) atoms. The number of benzene rings is 1. The zero-order chi connectivity index (χ0) is 19.4. The maximum atomic E-state index is 12.7. The summed E-state index contributed by atoms with van der Waals surface area (Å²) < 4.78 is 6.47.